The van der Waals surface area contributed by atoms with Crippen LogP contribution in [0.4, 0.5) is 0 Å². The molecule has 0 amide bonds. The van der Waals surface area contributed by atoms with Gasteiger partial charge in [-0.3, -0.25) is 4.90 Å². The van der Waals surface area contributed by atoms with Crippen molar-refractivity contribution in [1.82, 2.24) is 4.90 Å². The summed E-state index contributed by atoms with van der Waals surface area (Å²) >= 11 is 20.6. The quantitative estimate of drug-likeness (QED) is 0.371. The zero-order valence-electron chi connectivity index (χ0n) is 20.1. The van der Waals surface area contributed by atoms with Crippen LogP contribution in [0, 0.1) is 52.8 Å². The lowest BCUT2D eigenvalue weighted by molar-refractivity contribution is -0.175. The van der Waals surface area contributed by atoms with E-state index in [1.807, 2.05) is 0 Å². The Morgan fingerprint density at radius 3 is 2.34 bits per heavy atom. The Morgan fingerprint density at radius 1 is 0.812 bits per heavy atom. The van der Waals surface area contributed by atoms with E-state index in [1.165, 1.54) is 58.0 Å². The summed E-state index contributed by atoms with van der Waals surface area (Å²) in [6.45, 7) is 9.48. The van der Waals surface area contributed by atoms with Crippen LogP contribution in [0.1, 0.15) is 78.6 Å². The van der Waals surface area contributed by atoms with Gasteiger partial charge in [0.05, 0.1) is 11.0 Å². The van der Waals surface area contributed by atoms with Gasteiger partial charge in [-0.25, -0.2) is 0 Å². The van der Waals surface area contributed by atoms with E-state index in [-0.39, 0.29) is 10.8 Å². The van der Waals surface area contributed by atoms with Crippen molar-refractivity contribution in [3.05, 3.63) is 0 Å². The molecule has 6 aliphatic rings. The molecular formula is C27H42Cl3NO. The molecule has 0 spiro atoms. The van der Waals surface area contributed by atoms with Crippen molar-refractivity contribution in [2.75, 3.05) is 13.1 Å². The Balaban J connectivity index is 1.30. The smallest absolute Gasteiger partial charge is 0.137 e. The second kappa shape index (κ2) is 7.64. The fraction of sp³-hybridized carbons (Fsp3) is 1.00. The first-order valence-corrected chi connectivity index (χ1v) is 14.7. The van der Waals surface area contributed by atoms with Crippen molar-refractivity contribution in [3.8, 4) is 0 Å². The fourth-order valence-corrected chi connectivity index (χ4v) is 11.8. The minimum Gasteiger partial charge on any atom is -0.388 e. The van der Waals surface area contributed by atoms with Crippen molar-refractivity contribution >= 4 is 34.8 Å². The average Bonchev–Trinajstić information content (AvgIpc) is 3.11. The highest BCUT2D eigenvalue weighted by molar-refractivity contribution is 6.52. The summed E-state index contributed by atoms with van der Waals surface area (Å²) in [7, 11) is 0. The molecule has 6 rings (SSSR count). The second-order valence-electron chi connectivity index (χ2n) is 13.4. The van der Waals surface area contributed by atoms with Crippen LogP contribution < -0.4 is 0 Å². The van der Waals surface area contributed by atoms with E-state index in [0.29, 0.717) is 23.8 Å². The minimum absolute atomic E-state index is 0.125. The zero-order valence-corrected chi connectivity index (χ0v) is 22.3. The molecule has 2 aliphatic heterocycles. The van der Waals surface area contributed by atoms with E-state index in [1.54, 1.807) is 0 Å². The number of fused-ring (bicyclic) bond motifs is 8. The van der Waals surface area contributed by atoms with Crippen molar-refractivity contribution in [1.29, 1.82) is 0 Å². The second-order valence-corrected chi connectivity index (χ2v) is 15.3. The lowest BCUT2D eigenvalue weighted by atomic mass is 9.52. The fourth-order valence-electron chi connectivity index (χ4n) is 10.6. The van der Waals surface area contributed by atoms with Crippen LogP contribution in [0.15, 0.2) is 0 Å². The van der Waals surface area contributed by atoms with Gasteiger partial charge in [0.15, 0.2) is 0 Å². The number of piperidine rings is 2. The molecule has 1 N–H and O–H groups in total. The van der Waals surface area contributed by atoms with E-state index in [0.717, 1.165) is 42.4 Å². The number of halogens is 3. The Morgan fingerprint density at radius 2 is 1.56 bits per heavy atom. The first-order valence-electron chi connectivity index (χ1n) is 13.5. The van der Waals surface area contributed by atoms with Gasteiger partial charge in [0.25, 0.3) is 0 Å². The van der Waals surface area contributed by atoms with Gasteiger partial charge >= 0.3 is 0 Å². The summed E-state index contributed by atoms with van der Waals surface area (Å²) in [6.07, 6.45) is 10.8. The highest BCUT2D eigenvalue weighted by Gasteiger charge is 2.66. The van der Waals surface area contributed by atoms with Crippen molar-refractivity contribution in [3.63, 3.8) is 0 Å². The van der Waals surface area contributed by atoms with E-state index in [4.69, 9.17) is 34.8 Å². The summed E-state index contributed by atoms with van der Waals surface area (Å²) < 4.78 is -0.790. The van der Waals surface area contributed by atoms with Crippen LogP contribution in [0.2, 0.25) is 0 Å². The van der Waals surface area contributed by atoms with Gasteiger partial charge in [-0.05, 0) is 117 Å². The van der Waals surface area contributed by atoms with Gasteiger partial charge in [0.1, 0.15) is 4.33 Å². The maximum Gasteiger partial charge on any atom is 0.137 e. The number of hydrogen-bond acceptors (Lipinski definition) is 2. The first kappa shape index (κ1) is 23.2. The zero-order chi connectivity index (χ0) is 22.6. The molecule has 0 aromatic rings. The summed E-state index contributed by atoms with van der Waals surface area (Å²) in [6, 6.07) is 0.370. The Kier molecular flexibility index (Phi) is 5.54. The van der Waals surface area contributed by atoms with E-state index in [2.05, 4.69) is 25.7 Å². The molecule has 2 heterocycles. The molecule has 4 saturated carbocycles. The van der Waals surface area contributed by atoms with Crippen LogP contribution >= 0.6 is 34.8 Å². The minimum atomic E-state index is -0.790. The number of aliphatic hydroxyl groups is 1. The van der Waals surface area contributed by atoms with Crippen LogP contribution in [-0.2, 0) is 0 Å². The van der Waals surface area contributed by atoms with E-state index < -0.39 is 9.93 Å². The van der Waals surface area contributed by atoms with Crippen LogP contribution in [0.5, 0.6) is 0 Å². The monoisotopic (exact) mass is 501 g/mol. The molecule has 0 bridgehead atoms. The lowest BCUT2D eigenvalue weighted by Gasteiger charge is -2.60. The molecule has 182 valence electrons. The van der Waals surface area contributed by atoms with Crippen molar-refractivity contribution in [2.24, 2.45) is 52.8 Å². The highest BCUT2D eigenvalue weighted by atomic mass is 35.5. The van der Waals surface area contributed by atoms with Crippen LogP contribution in [0.3, 0.4) is 0 Å². The van der Waals surface area contributed by atoms with Crippen LogP contribution in [-0.4, -0.2) is 44.4 Å². The third-order valence-electron chi connectivity index (χ3n) is 12.1. The molecule has 2 saturated heterocycles. The Labute approximate surface area is 210 Å². The van der Waals surface area contributed by atoms with Gasteiger partial charge in [-0.15, -0.1) is 11.6 Å². The maximum absolute atomic E-state index is 11.9. The van der Waals surface area contributed by atoms with Crippen molar-refractivity contribution in [2.45, 2.75) is 99.9 Å². The number of alkyl halides is 3. The molecule has 12 atom stereocenters. The van der Waals surface area contributed by atoms with Crippen molar-refractivity contribution < 1.29 is 5.11 Å². The third-order valence-corrected chi connectivity index (χ3v) is 13.9. The first-order chi connectivity index (χ1) is 15.0. The molecule has 6 fully saturated rings. The number of hydrogen-bond donors (Lipinski definition) is 1. The highest BCUT2D eigenvalue weighted by Crippen LogP contribution is 2.70. The molecule has 0 radical (unpaired) electrons. The average molecular weight is 503 g/mol. The molecule has 0 aromatic carbocycles. The molecule has 0 unspecified atom stereocenters. The Hall–Kier alpha value is 0.790. The number of nitrogens with zero attached hydrogens (tertiary/aromatic N) is 1. The predicted octanol–water partition coefficient (Wildman–Crippen LogP) is 6.74. The molecule has 5 heteroatoms. The van der Waals surface area contributed by atoms with Gasteiger partial charge in [-0.1, -0.05) is 37.0 Å². The lowest BCUT2D eigenvalue weighted by Crippen LogP contribution is -2.67. The SMILES string of the molecule is C[C@H]1CC[C@@H]2N(C1)C[C@H]1[C@H]3C[C@H]4[C@H](CC[C@@H]5C(Cl)(Cl)[C@@H](Cl)CC[C@@]54C)[C@@H]3CC[C@@H]1[C@]2(C)O. The van der Waals surface area contributed by atoms with Gasteiger partial charge < -0.3 is 5.11 Å². The largest absolute Gasteiger partial charge is 0.388 e. The predicted molar refractivity (Wildman–Crippen MR) is 133 cm³/mol. The molecule has 32 heavy (non-hydrogen) atoms. The molecule has 2 nitrogen and oxygen atoms in total. The van der Waals surface area contributed by atoms with E-state index >= 15 is 0 Å². The Bertz CT molecular complexity index is 757. The third kappa shape index (κ3) is 3.11. The summed E-state index contributed by atoms with van der Waals surface area (Å²) in [5.74, 6) is 5.34. The van der Waals surface area contributed by atoms with E-state index in [9.17, 15) is 5.11 Å². The summed E-state index contributed by atoms with van der Waals surface area (Å²) in [5.41, 5.74) is -0.323. The molecule has 4 aliphatic carbocycles. The normalized spacial score (nSPS) is 59.3. The summed E-state index contributed by atoms with van der Waals surface area (Å²) in [5, 5.41) is 11.7. The van der Waals surface area contributed by atoms with Gasteiger partial charge in [-0.2, -0.15) is 0 Å². The number of rotatable bonds is 0. The maximum atomic E-state index is 11.9. The molecule has 0 aromatic heterocycles. The standard InChI is InChI=1S/C27H42Cl3NO/c1-15-4-9-24-26(3,32)20-7-5-16-17-6-8-22-25(2,11-10-23(28)27(22,29)30)21(17)12-18(16)19(20)14-31(24)13-15/h15-24,32H,4-14H2,1-3H3/t15-,16-,17+,18-,19-,20-,21-,22-,23-,24-,25+,26-/m0/s1. The summed E-state index contributed by atoms with van der Waals surface area (Å²) in [4.78, 5) is 2.70. The molecular weight excluding hydrogens is 461 g/mol. The van der Waals surface area contributed by atoms with Gasteiger partial charge in [0.2, 0.25) is 0 Å². The topological polar surface area (TPSA) is 23.5 Å². The van der Waals surface area contributed by atoms with Crippen LogP contribution in [0.25, 0.3) is 0 Å². The van der Waals surface area contributed by atoms with Gasteiger partial charge in [0, 0.05) is 19.1 Å².